The highest BCUT2D eigenvalue weighted by molar-refractivity contribution is 6.03. The molecule has 1 atom stereocenters. The van der Waals surface area contributed by atoms with Gasteiger partial charge in [-0.2, -0.15) is 0 Å². The number of furan rings is 1. The predicted molar refractivity (Wildman–Crippen MR) is 125 cm³/mol. The molecule has 1 aliphatic carbocycles. The molecule has 5 rings (SSSR count). The third-order valence-corrected chi connectivity index (χ3v) is 7.17. The van der Waals surface area contributed by atoms with Crippen molar-refractivity contribution < 1.29 is 18.7 Å². The lowest BCUT2D eigenvalue weighted by Gasteiger charge is -2.44. The average molecular weight is 450 g/mol. The van der Waals surface area contributed by atoms with Gasteiger partial charge in [0.2, 0.25) is 5.91 Å². The predicted octanol–water partition coefficient (Wildman–Crippen LogP) is 4.41. The van der Waals surface area contributed by atoms with Gasteiger partial charge in [-0.15, -0.1) is 0 Å². The molecule has 1 aliphatic heterocycles. The number of ether oxygens (including phenoxy) is 1. The van der Waals surface area contributed by atoms with Crippen molar-refractivity contribution in [1.82, 2.24) is 14.8 Å². The fourth-order valence-electron chi connectivity index (χ4n) is 5.21. The van der Waals surface area contributed by atoms with Crippen LogP contribution in [0.15, 0.2) is 40.8 Å². The first-order valence-corrected chi connectivity index (χ1v) is 11.7. The van der Waals surface area contributed by atoms with Crippen molar-refractivity contribution in [3.8, 4) is 5.75 Å². The number of rotatable bonds is 5. The summed E-state index contributed by atoms with van der Waals surface area (Å²) in [4.78, 5) is 29.2. The fraction of sp³-hybridized carbons (Fsp3) is 0.462. The molecule has 1 N–H and O–H groups in total. The monoisotopic (exact) mass is 449 g/mol. The molecular formula is C26H31N3O4. The Labute approximate surface area is 193 Å². The van der Waals surface area contributed by atoms with Crippen LogP contribution in [-0.4, -0.2) is 40.0 Å². The van der Waals surface area contributed by atoms with Gasteiger partial charge in [0, 0.05) is 24.7 Å². The molecule has 2 amide bonds. The van der Waals surface area contributed by atoms with Crippen LogP contribution >= 0.6 is 0 Å². The zero-order chi connectivity index (χ0) is 23.2. The number of hydrogen-bond acceptors (Lipinski definition) is 4. The minimum atomic E-state index is -1.03. The summed E-state index contributed by atoms with van der Waals surface area (Å²) >= 11 is 0. The molecule has 2 aliphatic rings. The van der Waals surface area contributed by atoms with Gasteiger partial charge in [-0.05, 0) is 44.4 Å². The highest BCUT2D eigenvalue weighted by atomic mass is 16.5. The van der Waals surface area contributed by atoms with Crippen LogP contribution < -0.4 is 10.1 Å². The lowest BCUT2D eigenvalue weighted by molar-refractivity contribution is -0.134. The fourth-order valence-corrected chi connectivity index (χ4v) is 5.21. The summed E-state index contributed by atoms with van der Waals surface area (Å²) in [5, 5.41) is 3.27. The maximum atomic E-state index is 13.8. The molecule has 3 aromatic rings. The summed E-state index contributed by atoms with van der Waals surface area (Å²) < 4.78 is 13.0. The highest BCUT2D eigenvalue weighted by Crippen LogP contribution is 2.35. The lowest BCUT2D eigenvalue weighted by Crippen LogP contribution is -2.64. The van der Waals surface area contributed by atoms with Gasteiger partial charge in [0.15, 0.2) is 5.58 Å². The van der Waals surface area contributed by atoms with Crippen LogP contribution in [0.2, 0.25) is 0 Å². The first-order valence-electron chi connectivity index (χ1n) is 11.7. The Hall–Kier alpha value is -3.22. The van der Waals surface area contributed by atoms with Crippen LogP contribution in [0.4, 0.5) is 0 Å². The Morgan fingerprint density at radius 3 is 2.61 bits per heavy atom. The summed E-state index contributed by atoms with van der Waals surface area (Å²) in [7, 11) is 1.63. The molecule has 0 saturated heterocycles. The zero-order valence-electron chi connectivity index (χ0n) is 19.5. The second kappa shape index (κ2) is 8.28. The van der Waals surface area contributed by atoms with E-state index < -0.39 is 5.54 Å². The van der Waals surface area contributed by atoms with E-state index in [2.05, 4.69) is 5.32 Å². The number of carbonyl (C=O) groups is 2. The Kier molecular flexibility index (Phi) is 5.43. The van der Waals surface area contributed by atoms with Gasteiger partial charge < -0.3 is 23.9 Å². The second-order valence-electron chi connectivity index (χ2n) is 9.54. The number of nitrogens with zero attached hydrogens (tertiary/aromatic N) is 2. The maximum absolute atomic E-state index is 13.8. The van der Waals surface area contributed by atoms with E-state index in [0.717, 1.165) is 48.3 Å². The molecule has 1 aromatic carbocycles. The van der Waals surface area contributed by atoms with Crippen molar-refractivity contribution in [2.24, 2.45) is 0 Å². The Morgan fingerprint density at radius 1 is 1.18 bits per heavy atom. The molecule has 7 nitrogen and oxygen atoms in total. The van der Waals surface area contributed by atoms with E-state index in [-0.39, 0.29) is 17.9 Å². The number of fused-ring (bicyclic) bond motifs is 3. The van der Waals surface area contributed by atoms with Crippen LogP contribution in [0.5, 0.6) is 5.75 Å². The number of nitrogens with one attached hydrogen (secondary N) is 1. The topological polar surface area (TPSA) is 76.7 Å². The molecule has 1 saturated carbocycles. The molecule has 33 heavy (non-hydrogen) atoms. The summed E-state index contributed by atoms with van der Waals surface area (Å²) in [6, 6.07) is 11.5. The highest BCUT2D eigenvalue weighted by Gasteiger charge is 2.48. The minimum Gasteiger partial charge on any atom is -0.497 e. The van der Waals surface area contributed by atoms with Crippen molar-refractivity contribution >= 4 is 22.9 Å². The van der Waals surface area contributed by atoms with Crippen LogP contribution in [0.1, 0.15) is 60.8 Å². The Morgan fingerprint density at radius 2 is 1.91 bits per heavy atom. The molecule has 0 unspecified atom stereocenters. The van der Waals surface area contributed by atoms with Crippen LogP contribution in [-0.2, 0) is 17.9 Å². The molecule has 0 radical (unpaired) electrons. The second-order valence-corrected chi connectivity index (χ2v) is 9.54. The number of aromatic nitrogens is 1. The van der Waals surface area contributed by atoms with Crippen LogP contribution in [0.25, 0.3) is 11.1 Å². The van der Waals surface area contributed by atoms with E-state index in [1.54, 1.807) is 18.1 Å². The van der Waals surface area contributed by atoms with Gasteiger partial charge in [0.1, 0.15) is 22.7 Å². The van der Waals surface area contributed by atoms with E-state index in [0.29, 0.717) is 24.4 Å². The standard InChI is InChI=1S/C26H31N3O4/c1-17-13-21-23(33-17)14-22-24(30)29(15-18-9-11-20(32-3)12-10-18)26(2,16-28(21)22)25(31)27-19-7-5-4-6-8-19/h9-14,19H,4-8,15-16H2,1-3H3,(H,27,31)/t26-/m0/s1. The molecule has 7 heteroatoms. The largest absolute Gasteiger partial charge is 0.497 e. The number of methoxy groups -OCH3 is 1. The molecule has 0 bridgehead atoms. The van der Waals surface area contributed by atoms with Gasteiger partial charge in [-0.3, -0.25) is 9.59 Å². The lowest BCUT2D eigenvalue weighted by atomic mass is 9.91. The Balaban J connectivity index is 1.52. The zero-order valence-corrected chi connectivity index (χ0v) is 19.5. The molecule has 2 aromatic heterocycles. The van der Waals surface area contributed by atoms with Gasteiger partial charge in [0.05, 0.1) is 19.2 Å². The van der Waals surface area contributed by atoms with Crippen LogP contribution in [0, 0.1) is 6.92 Å². The first-order chi connectivity index (χ1) is 15.9. The van der Waals surface area contributed by atoms with Crippen molar-refractivity contribution in [3.05, 3.63) is 53.4 Å². The first kappa shape index (κ1) is 21.6. The normalized spacial score (nSPS) is 21.3. The third-order valence-electron chi connectivity index (χ3n) is 7.17. The van der Waals surface area contributed by atoms with E-state index in [4.69, 9.17) is 9.15 Å². The number of aryl methyl sites for hydroxylation is 1. The van der Waals surface area contributed by atoms with E-state index in [1.165, 1.54) is 6.42 Å². The summed E-state index contributed by atoms with van der Waals surface area (Å²) in [6.45, 7) is 4.49. The summed E-state index contributed by atoms with van der Waals surface area (Å²) in [5.74, 6) is 1.29. The maximum Gasteiger partial charge on any atom is 0.271 e. The van der Waals surface area contributed by atoms with E-state index >= 15 is 0 Å². The number of benzene rings is 1. The van der Waals surface area contributed by atoms with Gasteiger partial charge in [-0.1, -0.05) is 31.4 Å². The SMILES string of the molecule is COc1ccc(CN2C(=O)c3cc4oc(C)cc4n3C[C@@]2(C)C(=O)NC2CCCCC2)cc1. The minimum absolute atomic E-state index is 0.0935. The molecule has 0 spiro atoms. The molecule has 1 fully saturated rings. The van der Waals surface area contributed by atoms with E-state index in [9.17, 15) is 9.59 Å². The van der Waals surface area contributed by atoms with Crippen molar-refractivity contribution in [2.45, 2.75) is 70.6 Å². The quantitative estimate of drug-likeness (QED) is 0.626. The Bertz CT molecular complexity index is 1190. The van der Waals surface area contributed by atoms with Crippen molar-refractivity contribution in [3.63, 3.8) is 0 Å². The number of hydrogen-bond donors (Lipinski definition) is 1. The van der Waals surface area contributed by atoms with Gasteiger partial charge in [0.25, 0.3) is 5.91 Å². The average Bonchev–Trinajstić information content (AvgIpc) is 3.34. The van der Waals surface area contributed by atoms with Crippen molar-refractivity contribution in [1.29, 1.82) is 0 Å². The van der Waals surface area contributed by atoms with Gasteiger partial charge >= 0.3 is 0 Å². The summed E-state index contributed by atoms with van der Waals surface area (Å²) in [6.07, 6.45) is 5.47. The number of carbonyl (C=O) groups excluding carboxylic acids is 2. The summed E-state index contributed by atoms with van der Waals surface area (Å²) in [5.41, 5.74) is 2.01. The van der Waals surface area contributed by atoms with E-state index in [1.807, 2.05) is 48.7 Å². The number of amides is 2. The molecular weight excluding hydrogens is 418 g/mol. The molecule has 174 valence electrons. The van der Waals surface area contributed by atoms with Gasteiger partial charge in [-0.25, -0.2) is 0 Å². The van der Waals surface area contributed by atoms with Crippen LogP contribution in [0.3, 0.4) is 0 Å². The smallest absolute Gasteiger partial charge is 0.271 e. The molecule has 3 heterocycles. The third kappa shape index (κ3) is 3.79. The van der Waals surface area contributed by atoms with Crippen molar-refractivity contribution in [2.75, 3.05) is 7.11 Å².